The molecule has 0 saturated carbocycles. The monoisotopic (exact) mass is 404 g/mol. The Labute approximate surface area is 174 Å². The fourth-order valence-electron chi connectivity index (χ4n) is 3.11. The highest BCUT2D eigenvalue weighted by Crippen LogP contribution is 2.41. The number of rotatable bonds is 4. The van der Waals surface area contributed by atoms with Gasteiger partial charge in [-0.15, -0.1) is 0 Å². The van der Waals surface area contributed by atoms with Gasteiger partial charge in [-0.1, -0.05) is 43.8 Å². The number of halogens is 1. The number of nitrogens with zero attached hydrogens (tertiary/aromatic N) is 1. The number of amides is 1. The van der Waals surface area contributed by atoms with E-state index in [1.54, 1.807) is 23.9 Å². The molecule has 3 aromatic carbocycles. The van der Waals surface area contributed by atoms with Gasteiger partial charge in [0.25, 0.3) is 5.91 Å². The van der Waals surface area contributed by atoms with Crippen LogP contribution >= 0.6 is 11.8 Å². The molecule has 0 saturated heterocycles. The first kappa shape index (κ1) is 19.4. The summed E-state index contributed by atoms with van der Waals surface area (Å²) in [5, 5.41) is 2.95. The third-order valence-corrected chi connectivity index (χ3v) is 5.75. The Balaban J connectivity index is 1.80. The van der Waals surface area contributed by atoms with E-state index in [0.29, 0.717) is 18.0 Å². The molecule has 0 unspecified atom stereocenters. The van der Waals surface area contributed by atoms with Gasteiger partial charge in [0.2, 0.25) is 0 Å². The first-order valence-electron chi connectivity index (χ1n) is 9.55. The molecule has 0 atom stereocenters. The van der Waals surface area contributed by atoms with Gasteiger partial charge in [-0.2, -0.15) is 0 Å². The molecule has 4 rings (SSSR count). The molecule has 1 heterocycles. The zero-order valence-corrected chi connectivity index (χ0v) is 17.1. The van der Waals surface area contributed by atoms with Crippen molar-refractivity contribution in [3.63, 3.8) is 0 Å². The van der Waals surface area contributed by atoms with Gasteiger partial charge in [-0.3, -0.25) is 4.79 Å². The van der Waals surface area contributed by atoms with Crippen LogP contribution in [0.25, 0.3) is 0 Å². The highest BCUT2D eigenvalue weighted by Gasteiger charge is 2.20. The van der Waals surface area contributed by atoms with Crippen LogP contribution in [0, 0.1) is 11.7 Å². The smallest absolute Gasteiger partial charge is 0.251 e. The lowest BCUT2D eigenvalue weighted by atomic mass is 10.0. The number of hydrogen-bond donors (Lipinski definition) is 1. The summed E-state index contributed by atoms with van der Waals surface area (Å²) in [4.78, 5) is 19.5. The number of nitrogens with one attached hydrogen (secondary N) is 1. The summed E-state index contributed by atoms with van der Waals surface area (Å²) in [6.07, 6.45) is 0. The molecule has 0 radical (unpaired) electrons. The summed E-state index contributed by atoms with van der Waals surface area (Å²) in [5.41, 5.74) is 3.92. The Hall–Kier alpha value is -2.92. The standard InChI is InChI=1S/C24H21FN2OS/c1-15(2)14-26-24(28)17-9-12-22-20(13-17)27-23(16-7-10-18(25)11-8-16)19-5-3-4-6-21(19)29-22/h3-13,15H,14H2,1-2H3,(H,26,28). The van der Waals surface area contributed by atoms with Gasteiger partial charge in [-0.25, -0.2) is 9.38 Å². The third kappa shape index (κ3) is 4.25. The Morgan fingerprint density at radius 1 is 1.03 bits per heavy atom. The quantitative estimate of drug-likeness (QED) is 0.464. The van der Waals surface area contributed by atoms with Crippen molar-refractivity contribution in [2.45, 2.75) is 23.6 Å². The van der Waals surface area contributed by atoms with Gasteiger partial charge in [0.1, 0.15) is 5.82 Å². The average molecular weight is 405 g/mol. The Morgan fingerprint density at radius 2 is 1.79 bits per heavy atom. The summed E-state index contributed by atoms with van der Waals surface area (Å²) >= 11 is 1.62. The van der Waals surface area contributed by atoms with E-state index >= 15 is 0 Å². The first-order chi connectivity index (χ1) is 14.0. The molecule has 3 aromatic rings. The molecule has 5 heteroatoms. The molecule has 0 bridgehead atoms. The van der Waals surface area contributed by atoms with E-state index < -0.39 is 0 Å². The lowest BCUT2D eigenvalue weighted by Crippen LogP contribution is -2.27. The Kier molecular flexibility index (Phi) is 5.49. The zero-order valence-electron chi connectivity index (χ0n) is 16.3. The van der Waals surface area contributed by atoms with Crippen LogP contribution in [0.15, 0.2) is 81.5 Å². The molecule has 29 heavy (non-hydrogen) atoms. The maximum Gasteiger partial charge on any atom is 0.251 e. The largest absolute Gasteiger partial charge is 0.352 e. The van der Waals surface area contributed by atoms with Crippen LogP contribution < -0.4 is 5.32 Å². The lowest BCUT2D eigenvalue weighted by Gasteiger charge is -2.09. The van der Waals surface area contributed by atoms with Crippen molar-refractivity contribution in [3.8, 4) is 0 Å². The second-order valence-electron chi connectivity index (χ2n) is 7.35. The average Bonchev–Trinajstić information content (AvgIpc) is 2.88. The maximum absolute atomic E-state index is 13.5. The topological polar surface area (TPSA) is 41.5 Å². The minimum atomic E-state index is -0.282. The SMILES string of the molecule is CC(C)CNC(=O)c1ccc2c(c1)N=C(c1ccc(F)cc1)c1ccccc1S2. The van der Waals surface area contributed by atoms with Crippen LogP contribution in [0.5, 0.6) is 0 Å². The number of carbonyl (C=O) groups is 1. The lowest BCUT2D eigenvalue weighted by molar-refractivity contribution is 0.0949. The van der Waals surface area contributed by atoms with Crippen LogP contribution in [0.3, 0.4) is 0 Å². The van der Waals surface area contributed by atoms with E-state index in [2.05, 4.69) is 25.2 Å². The molecule has 0 aliphatic carbocycles. The number of benzene rings is 3. The molecule has 3 nitrogen and oxygen atoms in total. The molecule has 1 N–H and O–H groups in total. The van der Waals surface area contributed by atoms with Crippen LogP contribution in [-0.4, -0.2) is 18.2 Å². The highest BCUT2D eigenvalue weighted by molar-refractivity contribution is 7.99. The Bertz CT molecular complexity index is 1090. The van der Waals surface area contributed by atoms with Crippen molar-refractivity contribution in [2.75, 3.05) is 6.54 Å². The molecule has 0 fully saturated rings. The van der Waals surface area contributed by atoms with Gasteiger partial charge in [0, 0.05) is 33.0 Å². The number of hydrogen-bond acceptors (Lipinski definition) is 3. The minimum Gasteiger partial charge on any atom is -0.352 e. The molecule has 1 aliphatic rings. The molecular formula is C24H21FN2OS. The zero-order chi connectivity index (χ0) is 20.4. The molecule has 0 spiro atoms. The fourth-order valence-corrected chi connectivity index (χ4v) is 4.11. The van der Waals surface area contributed by atoms with Crippen LogP contribution in [0.2, 0.25) is 0 Å². The Morgan fingerprint density at radius 3 is 2.55 bits per heavy atom. The molecule has 1 aliphatic heterocycles. The van der Waals surface area contributed by atoms with Gasteiger partial charge < -0.3 is 5.32 Å². The van der Waals surface area contributed by atoms with E-state index in [0.717, 1.165) is 32.3 Å². The number of aliphatic imine (C=N–C) groups is 1. The van der Waals surface area contributed by atoms with E-state index in [9.17, 15) is 9.18 Å². The first-order valence-corrected chi connectivity index (χ1v) is 10.4. The fraction of sp³-hybridized carbons (Fsp3) is 0.167. The van der Waals surface area contributed by atoms with E-state index in [1.165, 1.54) is 12.1 Å². The van der Waals surface area contributed by atoms with Crippen molar-refractivity contribution in [2.24, 2.45) is 10.9 Å². The van der Waals surface area contributed by atoms with Crippen LogP contribution in [0.4, 0.5) is 10.1 Å². The molecule has 1 amide bonds. The van der Waals surface area contributed by atoms with Crippen LogP contribution in [-0.2, 0) is 0 Å². The number of carbonyl (C=O) groups excluding carboxylic acids is 1. The predicted molar refractivity (Wildman–Crippen MR) is 116 cm³/mol. The number of fused-ring (bicyclic) bond motifs is 2. The summed E-state index contributed by atoms with van der Waals surface area (Å²) < 4.78 is 13.5. The molecular weight excluding hydrogens is 383 g/mol. The second kappa shape index (κ2) is 8.21. The summed E-state index contributed by atoms with van der Waals surface area (Å²) in [7, 11) is 0. The predicted octanol–water partition coefficient (Wildman–Crippen LogP) is 5.85. The van der Waals surface area contributed by atoms with Crippen molar-refractivity contribution in [1.29, 1.82) is 0 Å². The van der Waals surface area contributed by atoms with Crippen molar-refractivity contribution in [1.82, 2.24) is 5.32 Å². The summed E-state index contributed by atoms with van der Waals surface area (Å²) in [6.45, 7) is 4.75. The maximum atomic E-state index is 13.5. The highest BCUT2D eigenvalue weighted by atomic mass is 32.2. The molecule has 0 aromatic heterocycles. The van der Waals surface area contributed by atoms with Crippen molar-refractivity contribution < 1.29 is 9.18 Å². The van der Waals surface area contributed by atoms with Gasteiger partial charge in [0.15, 0.2) is 0 Å². The van der Waals surface area contributed by atoms with Crippen LogP contribution in [0.1, 0.15) is 35.3 Å². The molecule has 146 valence electrons. The third-order valence-electron chi connectivity index (χ3n) is 4.60. The normalized spacial score (nSPS) is 12.6. The van der Waals surface area contributed by atoms with Gasteiger partial charge in [-0.05, 0) is 54.4 Å². The second-order valence-corrected chi connectivity index (χ2v) is 8.44. The van der Waals surface area contributed by atoms with E-state index in [4.69, 9.17) is 4.99 Å². The summed E-state index contributed by atoms with van der Waals surface area (Å²) in [5.74, 6) is -0.00475. The van der Waals surface area contributed by atoms with Gasteiger partial charge >= 0.3 is 0 Å². The van der Waals surface area contributed by atoms with Crippen molar-refractivity contribution in [3.05, 3.63) is 89.2 Å². The van der Waals surface area contributed by atoms with Crippen molar-refractivity contribution >= 4 is 29.1 Å². The minimum absolute atomic E-state index is 0.105. The van der Waals surface area contributed by atoms with E-state index in [1.807, 2.05) is 36.4 Å². The van der Waals surface area contributed by atoms with Gasteiger partial charge in [0.05, 0.1) is 11.4 Å². The summed E-state index contributed by atoms with van der Waals surface area (Å²) in [6, 6.07) is 20.0. The van der Waals surface area contributed by atoms with E-state index in [-0.39, 0.29) is 11.7 Å².